The average Bonchev–Trinajstić information content (AvgIpc) is 3.65. The maximum Gasteiger partial charge on any atom is 2.00 e. The van der Waals surface area contributed by atoms with E-state index in [1.807, 2.05) is 30.5 Å². The smallest absolute Gasteiger partial charge is 0.510 e. The molecule has 2 aliphatic heterocycles. The van der Waals surface area contributed by atoms with Crippen molar-refractivity contribution in [1.29, 1.82) is 0 Å². The molecule has 2 atom stereocenters. The van der Waals surface area contributed by atoms with Crippen LogP contribution >= 0.6 is 0 Å². The molecule has 6 heteroatoms. The number of rotatable bonds is 7. The van der Waals surface area contributed by atoms with Crippen molar-refractivity contribution in [3.8, 4) is 22.6 Å². The summed E-state index contributed by atoms with van der Waals surface area (Å²) < 4.78 is 13.6. The van der Waals surface area contributed by atoms with Gasteiger partial charge in [0.25, 0.3) is 0 Å². The Labute approximate surface area is 333 Å². The van der Waals surface area contributed by atoms with Gasteiger partial charge in [-0.3, -0.25) is 4.99 Å². The van der Waals surface area contributed by atoms with E-state index in [9.17, 15) is 0 Å². The van der Waals surface area contributed by atoms with Crippen LogP contribution in [-0.4, -0.2) is 16.9 Å². The summed E-state index contributed by atoms with van der Waals surface area (Å²) in [6.07, 6.45) is 7.89. The molecule has 0 N–H and O–H groups in total. The molecule has 0 spiro atoms. The second kappa shape index (κ2) is 15.0. The largest absolute Gasteiger partial charge is 2.00 e. The molecule has 272 valence electrons. The second-order valence-electron chi connectivity index (χ2n) is 15.1. The first-order valence-electron chi connectivity index (χ1n) is 18.9. The third kappa shape index (κ3) is 6.80. The molecule has 0 unspecified atom stereocenters. The first-order valence-corrected chi connectivity index (χ1v) is 18.9. The first kappa shape index (κ1) is 36.0. The van der Waals surface area contributed by atoms with E-state index < -0.39 is 0 Å². The molecule has 3 aliphatic rings. The number of hydrogen-bond donors (Lipinski definition) is 0. The van der Waals surface area contributed by atoms with Crippen LogP contribution in [0.3, 0.4) is 0 Å². The molecule has 6 aromatic rings. The van der Waals surface area contributed by atoms with E-state index in [4.69, 9.17) is 19.5 Å². The SMILES string of the molecule is Cc1cc(Oc2[c-]c(C3=N[C@H](C4CCCCC4)[C@@H](c4ccccc4)O3)cc(-c3ccccc3)c2)[c-]c(N2c3ccccc3C(C)(C)c3cccnc32)c1.[Pt+2]. The fraction of sp³-hybridized carbons (Fsp3) is 0.250. The summed E-state index contributed by atoms with van der Waals surface area (Å²) in [6, 6.07) is 49.4. The fourth-order valence-corrected chi connectivity index (χ4v) is 8.52. The Morgan fingerprint density at radius 1 is 0.741 bits per heavy atom. The summed E-state index contributed by atoms with van der Waals surface area (Å²) in [4.78, 5) is 12.5. The summed E-state index contributed by atoms with van der Waals surface area (Å²) in [6.45, 7) is 6.63. The van der Waals surface area contributed by atoms with Gasteiger partial charge >= 0.3 is 21.1 Å². The molecule has 1 saturated carbocycles. The molecule has 1 aromatic heterocycles. The van der Waals surface area contributed by atoms with Crippen molar-refractivity contribution in [2.75, 3.05) is 4.90 Å². The summed E-state index contributed by atoms with van der Waals surface area (Å²) in [7, 11) is 0. The first-order chi connectivity index (χ1) is 25.9. The van der Waals surface area contributed by atoms with Crippen molar-refractivity contribution >= 4 is 23.1 Å². The summed E-state index contributed by atoms with van der Waals surface area (Å²) in [5.41, 5.74) is 9.26. The summed E-state index contributed by atoms with van der Waals surface area (Å²) in [5, 5.41) is 0. The van der Waals surface area contributed by atoms with Crippen LogP contribution in [0.15, 0.2) is 133 Å². The Morgan fingerprint density at radius 3 is 2.24 bits per heavy atom. The number of ether oxygens (including phenoxy) is 2. The van der Waals surface area contributed by atoms with E-state index in [2.05, 4.69) is 135 Å². The monoisotopic (exact) mass is 888 g/mol. The molecule has 54 heavy (non-hydrogen) atoms. The van der Waals surface area contributed by atoms with Gasteiger partial charge in [-0.05, 0) is 47.6 Å². The molecule has 3 heterocycles. The Bertz CT molecular complexity index is 2250. The van der Waals surface area contributed by atoms with Crippen LogP contribution in [0, 0.1) is 25.0 Å². The van der Waals surface area contributed by atoms with E-state index in [1.165, 1.54) is 43.2 Å². The number of anilines is 3. The number of aryl methyl sites for hydroxylation is 1. The van der Waals surface area contributed by atoms with Crippen LogP contribution in [0.5, 0.6) is 11.5 Å². The Morgan fingerprint density at radius 2 is 1.44 bits per heavy atom. The van der Waals surface area contributed by atoms with Crippen molar-refractivity contribution < 1.29 is 30.5 Å². The number of benzene rings is 5. The molecule has 0 bridgehead atoms. The van der Waals surface area contributed by atoms with Gasteiger partial charge in [0.05, 0.1) is 6.04 Å². The van der Waals surface area contributed by atoms with Crippen molar-refractivity contribution in [2.24, 2.45) is 10.9 Å². The van der Waals surface area contributed by atoms with Gasteiger partial charge in [-0.1, -0.05) is 154 Å². The van der Waals surface area contributed by atoms with Crippen molar-refractivity contribution in [2.45, 2.75) is 70.4 Å². The standard InChI is InChI=1S/C48H43N3O2.Pt/c1-32-26-38(51-43-24-14-13-22-41(43)48(2,3)42-23-15-25-49-46(42)51)31-39(27-32)52-40-29-36(33-16-7-4-8-17-33)28-37(30-40)47-50-44(34-18-9-5-10-19-34)45(53-47)35-20-11-6-12-21-35;/h4,6-8,11-17,20-29,34,44-45H,5,9-10,18-19H2,1-3H3;/q-2;+2/t44-,45-;/m1./s1. The van der Waals surface area contributed by atoms with Crippen LogP contribution in [0.1, 0.15) is 79.9 Å². The second-order valence-corrected chi connectivity index (χ2v) is 15.1. The number of hydrogen-bond acceptors (Lipinski definition) is 5. The number of para-hydroxylation sites is 1. The molecule has 9 rings (SSSR count). The number of nitrogens with zero attached hydrogens (tertiary/aromatic N) is 3. The zero-order valence-electron chi connectivity index (χ0n) is 30.9. The van der Waals surface area contributed by atoms with Crippen LogP contribution in [0.4, 0.5) is 17.2 Å². The maximum absolute atomic E-state index is 6.84. The molecular weight excluding hydrogens is 846 g/mol. The van der Waals surface area contributed by atoms with Crippen LogP contribution in [0.25, 0.3) is 11.1 Å². The molecular formula is C48H43N3O2Pt. The molecule has 0 amide bonds. The number of aromatic nitrogens is 1. The Hall–Kier alpha value is -4.99. The zero-order valence-corrected chi connectivity index (χ0v) is 33.1. The minimum Gasteiger partial charge on any atom is -0.510 e. The third-order valence-corrected chi connectivity index (χ3v) is 11.2. The summed E-state index contributed by atoms with van der Waals surface area (Å²) in [5.74, 6) is 3.20. The summed E-state index contributed by atoms with van der Waals surface area (Å²) >= 11 is 0. The maximum atomic E-state index is 6.84. The van der Waals surface area contributed by atoms with E-state index in [1.54, 1.807) is 0 Å². The van der Waals surface area contributed by atoms with Crippen LogP contribution < -0.4 is 9.64 Å². The number of fused-ring (bicyclic) bond motifs is 2. The van der Waals surface area contributed by atoms with E-state index in [0.29, 0.717) is 23.3 Å². The zero-order chi connectivity index (χ0) is 35.9. The van der Waals surface area contributed by atoms with E-state index >= 15 is 0 Å². The van der Waals surface area contributed by atoms with Gasteiger partial charge in [0.15, 0.2) is 0 Å². The van der Waals surface area contributed by atoms with E-state index in [0.717, 1.165) is 45.0 Å². The third-order valence-electron chi connectivity index (χ3n) is 11.2. The molecule has 5 aromatic carbocycles. The van der Waals surface area contributed by atoms with Gasteiger partial charge < -0.3 is 14.4 Å². The Balaban J connectivity index is 0.00000413. The predicted molar refractivity (Wildman–Crippen MR) is 213 cm³/mol. The van der Waals surface area contributed by atoms with Crippen molar-refractivity contribution in [3.63, 3.8) is 0 Å². The molecule has 0 saturated heterocycles. The molecule has 5 nitrogen and oxygen atoms in total. The topological polar surface area (TPSA) is 47.0 Å². The van der Waals surface area contributed by atoms with Crippen molar-refractivity contribution in [1.82, 2.24) is 4.98 Å². The van der Waals surface area contributed by atoms with Gasteiger partial charge in [0, 0.05) is 34.4 Å². The quantitative estimate of drug-likeness (QED) is 0.150. The van der Waals surface area contributed by atoms with E-state index in [-0.39, 0.29) is 38.6 Å². The average molecular weight is 889 g/mol. The normalized spacial score (nSPS) is 18.8. The van der Waals surface area contributed by atoms with Crippen molar-refractivity contribution in [3.05, 3.63) is 167 Å². The van der Waals surface area contributed by atoms with Crippen LogP contribution in [0.2, 0.25) is 0 Å². The Kier molecular flexibility index (Phi) is 10.0. The predicted octanol–water partition coefficient (Wildman–Crippen LogP) is 12.0. The van der Waals surface area contributed by atoms with Gasteiger partial charge in [0.1, 0.15) is 17.8 Å². The molecule has 1 fully saturated rings. The van der Waals surface area contributed by atoms with Gasteiger partial charge in [0.2, 0.25) is 0 Å². The molecule has 0 radical (unpaired) electrons. The van der Waals surface area contributed by atoms with Gasteiger partial charge in [-0.25, -0.2) is 4.98 Å². The minimum atomic E-state index is -0.205. The van der Waals surface area contributed by atoms with Crippen LogP contribution in [-0.2, 0) is 31.2 Å². The number of aliphatic imine (C=N–C) groups is 1. The number of pyridine rings is 1. The fourth-order valence-electron chi connectivity index (χ4n) is 8.52. The minimum absolute atomic E-state index is 0. The van der Waals surface area contributed by atoms with Gasteiger partial charge in [-0.15, -0.1) is 24.3 Å². The molecule has 1 aliphatic carbocycles. The van der Waals surface area contributed by atoms with Gasteiger partial charge in [-0.2, -0.15) is 5.56 Å².